The average Bonchev–Trinajstić information content (AvgIpc) is 2.97. The zero-order chi connectivity index (χ0) is 28.6. The minimum absolute atomic E-state index is 0.402. The van der Waals surface area contributed by atoms with Crippen molar-refractivity contribution in [2.75, 3.05) is 12.4 Å². The lowest BCUT2D eigenvalue weighted by Crippen LogP contribution is -2.06. The molecule has 0 aliphatic carbocycles. The molecular formula is C30H19ClF3N5O2. The summed E-state index contributed by atoms with van der Waals surface area (Å²) in [6.07, 6.45) is -1.30. The molecule has 3 heterocycles. The van der Waals surface area contributed by atoms with Crippen LogP contribution in [0.5, 0.6) is 17.2 Å². The van der Waals surface area contributed by atoms with Gasteiger partial charge >= 0.3 is 6.18 Å². The minimum atomic E-state index is -4.55. The fourth-order valence-electron chi connectivity index (χ4n) is 4.35. The van der Waals surface area contributed by atoms with E-state index in [0.717, 1.165) is 17.1 Å². The summed E-state index contributed by atoms with van der Waals surface area (Å²) in [4.78, 5) is 8.73. The highest BCUT2D eigenvalue weighted by atomic mass is 35.5. The van der Waals surface area contributed by atoms with Crippen LogP contribution in [0.3, 0.4) is 0 Å². The van der Waals surface area contributed by atoms with E-state index in [9.17, 15) is 13.2 Å². The number of anilines is 2. The summed E-state index contributed by atoms with van der Waals surface area (Å²) in [5.41, 5.74) is 1.92. The second-order valence-electron chi connectivity index (χ2n) is 8.94. The van der Waals surface area contributed by atoms with Crippen LogP contribution in [0, 0.1) is 0 Å². The van der Waals surface area contributed by atoms with E-state index in [0.29, 0.717) is 50.7 Å². The number of rotatable bonds is 6. The highest BCUT2D eigenvalue weighted by Gasteiger charge is 2.33. The van der Waals surface area contributed by atoms with Gasteiger partial charge in [-0.2, -0.15) is 13.2 Å². The molecular weight excluding hydrogens is 555 g/mol. The molecule has 0 aliphatic rings. The van der Waals surface area contributed by atoms with E-state index in [1.54, 1.807) is 43.8 Å². The van der Waals surface area contributed by atoms with E-state index < -0.39 is 16.8 Å². The second kappa shape index (κ2) is 10.5. The summed E-state index contributed by atoms with van der Waals surface area (Å²) in [5, 5.41) is 13.0. The molecule has 0 fully saturated rings. The molecule has 0 atom stereocenters. The first-order valence-corrected chi connectivity index (χ1v) is 12.6. The number of aromatic nitrogens is 4. The van der Waals surface area contributed by atoms with Gasteiger partial charge in [0.15, 0.2) is 11.6 Å². The fourth-order valence-corrected chi connectivity index (χ4v) is 4.64. The Balaban J connectivity index is 1.26. The van der Waals surface area contributed by atoms with Gasteiger partial charge in [-0.3, -0.25) is 4.98 Å². The van der Waals surface area contributed by atoms with Crippen molar-refractivity contribution in [2.24, 2.45) is 0 Å². The molecule has 204 valence electrons. The standard InChI is InChI=1S/C30H19ClF3N5O2/c1-40-20-15-25-28(36-16-20)26(12-13-35-25)41-19-9-7-18(8-10-19)37-29-22-5-3-2-4-21(22)27(38-39-29)17-6-11-23(24(31)14-17)30(32,33)34/h2-16H,1H3,(H,37,39). The minimum Gasteiger partial charge on any atom is -0.495 e. The fraction of sp³-hybridized carbons (Fsp3) is 0.0667. The number of nitrogens with one attached hydrogen (secondary N) is 1. The molecule has 6 rings (SSSR count). The van der Waals surface area contributed by atoms with Gasteiger partial charge < -0.3 is 14.8 Å². The number of hydrogen-bond acceptors (Lipinski definition) is 7. The van der Waals surface area contributed by atoms with E-state index >= 15 is 0 Å². The van der Waals surface area contributed by atoms with Crippen LogP contribution in [0.4, 0.5) is 24.7 Å². The number of pyridine rings is 2. The number of hydrogen-bond donors (Lipinski definition) is 1. The van der Waals surface area contributed by atoms with E-state index in [4.69, 9.17) is 21.1 Å². The van der Waals surface area contributed by atoms with Gasteiger partial charge in [0, 0.05) is 40.4 Å². The van der Waals surface area contributed by atoms with Crippen molar-refractivity contribution in [3.05, 3.63) is 102 Å². The normalized spacial score (nSPS) is 11.5. The third-order valence-electron chi connectivity index (χ3n) is 6.33. The first-order valence-electron chi connectivity index (χ1n) is 12.3. The van der Waals surface area contributed by atoms with Crippen molar-refractivity contribution in [1.29, 1.82) is 0 Å². The van der Waals surface area contributed by atoms with E-state index in [1.807, 2.05) is 36.4 Å². The Kier molecular flexibility index (Phi) is 6.76. The Morgan fingerprint density at radius 1 is 0.829 bits per heavy atom. The van der Waals surface area contributed by atoms with E-state index in [1.165, 1.54) is 12.1 Å². The zero-order valence-electron chi connectivity index (χ0n) is 21.3. The predicted molar refractivity (Wildman–Crippen MR) is 151 cm³/mol. The van der Waals surface area contributed by atoms with Crippen molar-refractivity contribution in [3.63, 3.8) is 0 Å². The highest BCUT2D eigenvalue weighted by Crippen LogP contribution is 2.38. The van der Waals surface area contributed by atoms with Gasteiger partial charge in [0.1, 0.15) is 22.7 Å². The molecule has 0 unspecified atom stereocenters. The Labute approximate surface area is 236 Å². The maximum absolute atomic E-state index is 13.2. The molecule has 0 aliphatic heterocycles. The number of methoxy groups -OCH3 is 1. The second-order valence-corrected chi connectivity index (χ2v) is 9.35. The molecule has 1 N–H and O–H groups in total. The number of alkyl halides is 3. The molecule has 0 saturated heterocycles. The molecule has 0 spiro atoms. The van der Waals surface area contributed by atoms with Crippen molar-refractivity contribution in [3.8, 4) is 28.5 Å². The van der Waals surface area contributed by atoms with Crippen molar-refractivity contribution in [2.45, 2.75) is 6.18 Å². The maximum atomic E-state index is 13.2. The molecule has 6 aromatic rings. The first-order chi connectivity index (χ1) is 19.8. The number of ether oxygens (including phenoxy) is 2. The Morgan fingerprint density at radius 3 is 2.34 bits per heavy atom. The molecule has 0 bridgehead atoms. The predicted octanol–water partition coefficient (Wildman–Crippen LogP) is 8.46. The first kappa shape index (κ1) is 26.3. The van der Waals surface area contributed by atoms with Crippen LogP contribution >= 0.6 is 11.6 Å². The van der Waals surface area contributed by atoms with Crippen LogP contribution in [-0.4, -0.2) is 27.3 Å². The summed E-state index contributed by atoms with van der Waals surface area (Å²) in [6.45, 7) is 0. The molecule has 3 aromatic carbocycles. The van der Waals surface area contributed by atoms with Crippen LogP contribution in [0.2, 0.25) is 5.02 Å². The molecule has 41 heavy (non-hydrogen) atoms. The maximum Gasteiger partial charge on any atom is 0.417 e. The molecule has 0 amide bonds. The van der Waals surface area contributed by atoms with Gasteiger partial charge in [-0.1, -0.05) is 41.9 Å². The number of halogens is 4. The van der Waals surface area contributed by atoms with Crippen molar-refractivity contribution >= 4 is 44.9 Å². The van der Waals surface area contributed by atoms with Crippen LogP contribution < -0.4 is 14.8 Å². The molecule has 3 aromatic heterocycles. The van der Waals surface area contributed by atoms with Crippen LogP contribution in [0.1, 0.15) is 5.56 Å². The number of nitrogens with zero attached hydrogens (tertiary/aromatic N) is 4. The lowest BCUT2D eigenvalue weighted by molar-refractivity contribution is -0.137. The molecule has 0 saturated carbocycles. The summed E-state index contributed by atoms with van der Waals surface area (Å²) < 4.78 is 50.8. The van der Waals surface area contributed by atoms with Gasteiger partial charge in [0.2, 0.25) is 0 Å². The topological polar surface area (TPSA) is 82.0 Å². The lowest BCUT2D eigenvalue weighted by atomic mass is 10.0. The molecule has 7 nitrogen and oxygen atoms in total. The SMILES string of the molecule is COc1cnc2c(Oc3ccc(Nc4nnc(-c5ccc(C(F)(F)F)c(Cl)c5)c5ccccc45)cc3)ccnc2c1. The number of benzene rings is 3. The third-order valence-corrected chi connectivity index (χ3v) is 6.64. The van der Waals surface area contributed by atoms with Gasteiger partial charge in [0.05, 0.1) is 29.4 Å². The van der Waals surface area contributed by atoms with Gasteiger partial charge in [0.25, 0.3) is 0 Å². The van der Waals surface area contributed by atoms with Gasteiger partial charge in [-0.15, -0.1) is 10.2 Å². The van der Waals surface area contributed by atoms with Crippen molar-refractivity contribution in [1.82, 2.24) is 20.2 Å². The van der Waals surface area contributed by atoms with Crippen LogP contribution in [0.15, 0.2) is 91.3 Å². The summed E-state index contributed by atoms with van der Waals surface area (Å²) in [5.74, 6) is 2.22. The third kappa shape index (κ3) is 5.29. The Bertz CT molecular complexity index is 1900. The molecule has 0 radical (unpaired) electrons. The zero-order valence-corrected chi connectivity index (χ0v) is 22.0. The van der Waals surface area contributed by atoms with Crippen LogP contribution in [-0.2, 0) is 6.18 Å². The molecule has 11 heteroatoms. The summed E-state index contributed by atoms with van der Waals surface area (Å²) in [7, 11) is 1.57. The van der Waals surface area contributed by atoms with Gasteiger partial charge in [-0.05, 0) is 36.4 Å². The van der Waals surface area contributed by atoms with Crippen molar-refractivity contribution < 1.29 is 22.6 Å². The van der Waals surface area contributed by atoms with Gasteiger partial charge in [-0.25, -0.2) is 4.98 Å². The largest absolute Gasteiger partial charge is 0.495 e. The average molecular weight is 574 g/mol. The lowest BCUT2D eigenvalue weighted by Gasteiger charge is -2.13. The highest BCUT2D eigenvalue weighted by molar-refractivity contribution is 6.31. The smallest absolute Gasteiger partial charge is 0.417 e. The van der Waals surface area contributed by atoms with E-state index in [2.05, 4.69) is 25.5 Å². The van der Waals surface area contributed by atoms with Crippen LogP contribution in [0.25, 0.3) is 33.1 Å². The van der Waals surface area contributed by atoms with E-state index in [-0.39, 0.29) is 0 Å². The monoisotopic (exact) mass is 573 g/mol. The summed E-state index contributed by atoms with van der Waals surface area (Å²) >= 11 is 5.96. The Morgan fingerprint density at radius 2 is 1.61 bits per heavy atom. The summed E-state index contributed by atoms with van der Waals surface area (Å²) in [6, 6.07) is 21.7. The number of fused-ring (bicyclic) bond motifs is 2. The Hall–Kier alpha value is -4.96. The quantitative estimate of drug-likeness (QED) is 0.214.